The molecule has 1 unspecified atom stereocenters. The molecule has 0 aliphatic heterocycles. The van der Waals surface area contributed by atoms with Crippen molar-refractivity contribution in [2.24, 2.45) is 0 Å². The molecule has 2 amide bonds. The quantitative estimate of drug-likeness (QED) is 0.764. The minimum absolute atomic E-state index is 0.0190. The average molecular weight is 345 g/mol. The Kier molecular flexibility index (Phi) is 5.97. The molecule has 0 saturated heterocycles. The molecule has 1 atom stereocenters. The van der Waals surface area contributed by atoms with Gasteiger partial charge in [0.05, 0.1) is 17.4 Å². The fourth-order valence-electron chi connectivity index (χ4n) is 1.50. The lowest BCUT2D eigenvalue weighted by atomic mass is 10.2. The summed E-state index contributed by atoms with van der Waals surface area (Å²) in [6, 6.07) is 4.11. The molecule has 6 nitrogen and oxygen atoms in total. The van der Waals surface area contributed by atoms with Crippen LogP contribution in [0, 0.1) is 0 Å². The summed E-state index contributed by atoms with van der Waals surface area (Å²) in [5, 5.41) is 20.8. The Morgan fingerprint density at radius 3 is 2.65 bits per heavy atom. The Balaban J connectivity index is 2.79. The van der Waals surface area contributed by atoms with Gasteiger partial charge in [-0.2, -0.15) is 0 Å². The highest BCUT2D eigenvalue weighted by molar-refractivity contribution is 9.10. The Labute approximate surface area is 125 Å². The number of halogens is 1. The van der Waals surface area contributed by atoms with E-state index in [4.69, 9.17) is 5.11 Å². The van der Waals surface area contributed by atoms with Crippen LogP contribution in [0.4, 0.5) is 10.5 Å². The number of urea groups is 1. The van der Waals surface area contributed by atoms with Crippen LogP contribution >= 0.6 is 15.9 Å². The van der Waals surface area contributed by atoms with Crippen molar-refractivity contribution in [3.63, 3.8) is 0 Å². The van der Waals surface area contributed by atoms with Gasteiger partial charge < -0.3 is 20.4 Å². The van der Waals surface area contributed by atoms with Crippen molar-refractivity contribution in [1.82, 2.24) is 4.90 Å². The van der Waals surface area contributed by atoms with E-state index in [-0.39, 0.29) is 11.3 Å². The minimum Gasteiger partial charge on any atom is -0.478 e. The van der Waals surface area contributed by atoms with Crippen LogP contribution in [0.2, 0.25) is 0 Å². The normalized spacial score (nSPS) is 11.8. The molecule has 1 aromatic rings. The molecule has 0 radical (unpaired) electrons. The maximum atomic E-state index is 11.9. The largest absolute Gasteiger partial charge is 0.478 e. The maximum Gasteiger partial charge on any atom is 0.337 e. The highest BCUT2D eigenvalue weighted by atomic mass is 79.9. The van der Waals surface area contributed by atoms with Crippen LogP contribution in [-0.2, 0) is 0 Å². The third kappa shape index (κ3) is 4.82. The maximum absolute atomic E-state index is 11.9. The van der Waals surface area contributed by atoms with Gasteiger partial charge in [0.1, 0.15) is 0 Å². The lowest BCUT2D eigenvalue weighted by Crippen LogP contribution is -2.33. The second kappa shape index (κ2) is 7.25. The van der Waals surface area contributed by atoms with Crippen molar-refractivity contribution in [3.05, 3.63) is 28.2 Å². The number of hydrogen-bond acceptors (Lipinski definition) is 3. The number of carbonyl (C=O) groups is 2. The van der Waals surface area contributed by atoms with Gasteiger partial charge in [-0.15, -0.1) is 0 Å². The number of carbonyl (C=O) groups excluding carboxylic acids is 1. The molecule has 7 heteroatoms. The van der Waals surface area contributed by atoms with E-state index >= 15 is 0 Å². The number of rotatable bonds is 5. The summed E-state index contributed by atoms with van der Waals surface area (Å²) >= 11 is 3.23. The second-order valence-electron chi connectivity index (χ2n) is 4.48. The number of aromatic carboxylic acids is 1. The van der Waals surface area contributed by atoms with Gasteiger partial charge in [-0.1, -0.05) is 15.9 Å². The number of amides is 2. The van der Waals surface area contributed by atoms with Crippen LogP contribution in [0.5, 0.6) is 0 Å². The van der Waals surface area contributed by atoms with Crippen molar-refractivity contribution >= 4 is 33.6 Å². The van der Waals surface area contributed by atoms with Gasteiger partial charge in [0.15, 0.2) is 0 Å². The molecule has 0 fully saturated rings. The Morgan fingerprint density at radius 2 is 2.10 bits per heavy atom. The predicted octanol–water partition coefficient (Wildman–Crippen LogP) is 2.38. The summed E-state index contributed by atoms with van der Waals surface area (Å²) in [5.41, 5.74) is 0.242. The highest BCUT2D eigenvalue weighted by Gasteiger charge is 2.15. The summed E-state index contributed by atoms with van der Waals surface area (Å²) in [7, 11) is 1.58. The van der Waals surface area contributed by atoms with Crippen molar-refractivity contribution < 1.29 is 19.8 Å². The molecule has 0 aliphatic carbocycles. The first-order valence-corrected chi connectivity index (χ1v) is 6.83. The van der Waals surface area contributed by atoms with Gasteiger partial charge in [-0.3, -0.25) is 0 Å². The first-order chi connectivity index (χ1) is 9.31. The number of anilines is 1. The van der Waals surface area contributed by atoms with E-state index in [1.165, 1.54) is 17.0 Å². The zero-order valence-electron chi connectivity index (χ0n) is 11.3. The van der Waals surface area contributed by atoms with Gasteiger partial charge in [0.25, 0.3) is 0 Å². The summed E-state index contributed by atoms with van der Waals surface area (Å²) in [5.74, 6) is -1.11. The number of carboxylic acid groups (broad SMARTS) is 1. The molecule has 0 aromatic heterocycles. The van der Waals surface area contributed by atoms with E-state index in [1.807, 2.05) is 0 Å². The summed E-state index contributed by atoms with van der Waals surface area (Å²) < 4.78 is 0.671. The standard InChI is InChI=1S/C13H17BrN2O4/c1-8(17)5-6-16(2)13(20)15-11-7-9(14)3-4-10(11)12(18)19/h3-4,7-8,17H,5-6H2,1-2H3,(H,15,20)(H,18,19). The number of nitrogens with zero attached hydrogens (tertiary/aromatic N) is 1. The predicted molar refractivity (Wildman–Crippen MR) is 79.0 cm³/mol. The lowest BCUT2D eigenvalue weighted by Gasteiger charge is -2.19. The molecule has 0 bridgehead atoms. The van der Waals surface area contributed by atoms with Crippen LogP contribution in [0.1, 0.15) is 23.7 Å². The van der Waals surface area contributed by atoms with E-state index in [0.717, 1.165) is 0 Å². The Morgan fingerprint density at radius 1 is 1.45 bits per heavy atom. The van der Waals surface area contributed by atoms with Crippen LogP contribution in [0.3, 0.4) is 0 Å². The first kappa shape index (κ1) is 16.5. The molecule has 0 spiro atoms. The number of aliphatic hydroxyl groups excluding tert-OH is 1. The van der Waals surface area contributed by atoms with Crippen molar-refractivity contribution in [3.8, 4) is 0 Å². The van der Waals surface area contributed by atoms with Gasteiger partial charge in [-0.25, -0.2) is 9.59 Å². The molecule has 1 rings (SSSR count). The van der Waals surface area contributed by atoms with E-state index < -0.39 is 18.1 Å². The van der Waals surface area contributed by atoms with Crippen molar-refractivity contribution in [2.75, 3.05) is 18.9 Å². The zero-order valence-corrected chi connectivity index (χ0v) is 12.8. The summed E-state index contributed by atoms with van der Waals surface area (Å²) in [4.78, 5) is 24.4. The van der Waals surface area contributed by atoms with Gasteiger partial charge in [-0.05, 0) is 31.5 Å². The van der Waals surface area contributed by atoms with E-state index in [1.54, 1.807) is 20.0 Å². The molecule has 0 aliphatic rings. The minimum atomic E-state index is -1.11. The number of hydrogen-bond donors (Lipinski definition) is 3. The second-order valence-corrected chi connectivity index (χ2v) is 5.40. The van der Waals surface area contributed by atoms with E-state index in [9.17, 15) is 14.7 Å². The highest BCUT2D eigenvalue weighted by Crippen LogP contribution is 2.22. The van der Waals surface area contributed by atoms with Crippen molar-refractivity contribution in [2.45, 2.75) is 19.4 Å². The van der Waals surface area contributed by atoms with E-state index in [2.05, 4.69) is 21.2 Å². The van der Waals surface area contributed by atoms with Gasteiger partial charge >= 0.3 is 12.0 Å². The molecular weight excluding hydrogens is 328 g/mol. The fraction of sp³-hybridized carbons (Fsp3) is 0.385. The number of nitrogens with one attached hydrogen (secondary N) is 1. The van der Waals surface area contributed by atoms with Crippen LogP contribution in [-0.4, -0.2) is 46.8 Å². The lowest BCUT2D eigenvalue weighted by molar-refractivity contribution is 0.0698. The summed E-state index contributed by atoms with van der Waals surface area (Å²) in [6.45, 7) is 2.02. The van der Waals surface area contributed by atoms with E-state index in [0.29, 0.717) is 17.4 Å². The number of aliphatic hydroxyl groups is 1. The Hall–Kier alpha value is -1.60. The molecule has 1 aromatic carbocycles. The summed E-state index contributed by atoms with van der Waals surface area (Å²) in [6.07, 6.45) is -0.0422. The van der Waals surface area contributed by atoms with Crippen molar-refractivity contribution in [1.29, 1.82) is 0 Å². The third-order valence-electron chi connectivity index (χ3n) is 2.68. The fourth-order valence-corrected chi connectivity index (χ4v) is 1.86. The monoisotopic (exact) mass is 344 g/mol. The number of carboxylic acids is 1. The Bertz CT molecular complexity index is 505. The number of benzene rings is 1. The zero-order chi connectivity index (χ0) is 15.3. The van der Waals surface area contributed by atoms with Crippen LogP contribution in [0.25, 0.3) is 0 Å². The van der Waals surface area contributed by atoms with Gasteiger partial charge in [0, 0.05) is 18.1 Å². The first-order valence-electron chi connectivity index (χ1n) is 6.04. The molecular formula is C13H17BrN2O4. The topological polar surface area (TPSA) is 89.9 Å². The smallest absolute Gasteiger partial charge is 0.337 e. The molecule has 20 heavy (non-hydrogen) atoms. The van der Waals surface area contributed by atoms with Gasteiger partial charge in [0.2, 0.25) is 0 Å². The van der Waals surface area contributed by atoms with Crippen LogP contribution in [0.15, 0.2) is 22.7 Å². The third-order valence-corrected chi connectivity index (χ3v) is 3.18. The molecule has 110 valence electrons. The molecule has 0 saturated carbocycles. The van der Waals surface area contributed by atoms with Crippen LogP contribution < -0.4 is 5.32 Å². The average Bonchev–Trinajstić information content (AvgIpc) is 2.35. The molecule has 3 N–H and O–H groups in total. The molecule has 0 heterocycles. The SMILES string of the molecule is CC(O)CCN(C)C(=O)Nc1cc(Br)ccc1C(=O)O.